The van der Waals surface area contributed by atoms with E-state index in [0.717, 1.165) is 31.6 Å². The Morgan fingerprint density at radius 1 is 1.09 bits per heavy atom. The highest BCUT2D eigenvalue weighted by Gasteiger charge is 2.26. The molecule has 3 aromatic heterocycles. The minimum absolute atomic E-state index is 0.0983. The Balaban J connectivity index is 1.47. The van der Waals surface area contributed by atoms with Crippen molar-refractivity contribution in [3.8, 4) is 11.6 Å². The van der Waals surface area contributed by atoms with Crippen LogP contribution in [0.1, 0.15) is 18.2 Å². The number of ether oxygens (including phenoxy) is 2. The molecule has 2 saturated heterocycles. The largest absolute Gasteiger partial charge is 0.381 e. The summed E-state index contributed by atoms with van der Waals surface area (Å²) in [5.41, 5.74) is 2.05. The molecule has 4 aromatic rings. The molecule has 5 heterocycles. The smallest absolute Gasteiger partial charge is 0.278 e. The third-order valence-electron chi connectivity index (χ3n) is 6.39. The Kier molecular flexibility index (Phi) is 5.37. The lowest BCUT2D eigenvalue weighted by Crippen LogP contribution is -2.39. The number of hydrogen-bond acceptors (Lipinski definition) is 8. The number of hydrogen-bond donors (Lipinski definition) is 0. The quantitative estimate of drug-likeness (QED) is 0.437. The van der Waals surface area contributed by atoms with Gasteiger partial charge in [-0.2, -0.15) is 4.98 Å². The van der Waals surface area contributed by atoms with E-state index in [1.807, 2.05) is 12.1 Å². The standard InChI is InChI=1S/C22H23ClN6O4/c23-15-2-1-3-16-18(15)28(6-5-27-7-10-31-11-8-27)22(30)19-17(24-13-29(16)19)21-25-20(26-33-21)14-4-9-32-12-14/h1-3,13-14H,4-12H2. The third-order valence-corrected chi connectivity index (χ3v) is 6.70. The second kappa shape index (κ2) is 8.53. The van der Waals surface area contributed by atoms with E-state index in [-0.39, 0.29) is 17.4 Å². The molecule has 2 fully saturated rings. The van der Waals surface area contributed by atoms with E-state index in [0.29, 0.717) is 60.5 Å². The van der Waals surface area contributed by atoms with E-state index >= 15 is 0 Å². The van der Waals surface area contributed by atoms with E-state index in [9.17, 15) is 4.79 Å². The Hall–Kier alpha value is -2.79. The van der Waals surface area contributed by atoms with Gasteiger partial charge in [0.1, 0.15) is 11.8 Å². The molecule has 1 atom stereocenters. The highest BCUT2D eigenvalue weighted by Crippen LogP contribution is 2.29. The number of halogens is 1. The van der Waals surface area contributed by atoms with Gasteiger partial charge in [-0.15, -0.1) is 0 Å². The average molecular weight is 471 g/mol. The normalized spacial score (nSPS) is 19.7. The molecule has 0 amide bonds. The number of benzene rings is 1. The van der Waals surface area contributed by atoms with E-state index in [4.69, 9.17) is 25.6 Å². The molecule has 33 heavy (non-hydrogen) atoms. The van der Waals surface area contributed by atoms with Crippen LogP contribution < -0.4 is 5.56 Å². The Morgan fingerprint density at radius 3 is 2.79 bits per heavy atom. The third kappa shape index (κ3) is 3.63. The van der Waals surface area contributed by atoms with Crippen LogP contribution in [0.5, 0.6) is 0 Å². The highest BCUT2D eigenvalue weighted by atomic mass is 35.5. The van der Waals surface area contributed by atoms with Gasteiger partial charge < -0.3 is 18.6 Å². The SMILES string of the molecule is O=c1c2c(-c3nc(C4CCOC4)no3)ncn2c2cccc(Cl)c2n1CCN1CCOCC1. The number of rotatable bonds is 5. The van der Waals surface area contributed by atoms with Crippen molar-refractivity contribution in [3.63, 3.8) is 0 Å². The number of imidazole rings is 1. The summed E-state index contributed by atoms with van der Waals surface area (Å²) in [5.74, 6) is 0.916. The fourth-order valence-corrected chi connectivity index (χ4v) is 4.87. The summed E-state index contributed by atoms with van der Waals surface area (Å²) in [6.07, 6.45) is 2.46. The molecule has 2 aliphatic rings. The zero-order valence-electron chi connectivity index (χ0n) is 17.9. The zero-order valence-corrected chi connectivity index (χ0v) is 18.7. The molecule has 10 nitrogen and oxygen atoms in total. The first kappa shape index (κ1) is 20.8. The number of morpholine rings is 1. The summed E-state index contributed by atoms with van der Waals surface area (Å²) >= 11 is 6.58. The topological polar surface area (TPSA) is 99.9 Å². The number of fused-ring (bicyclic) bond motifs is 3. The van der Waals surface area contributed by atoms with Crippen LogP contribution in [0.2, 0.25) is 5.02 Å². The molecule has 0 radical (unpaired) electrons. The monoisotopic (exact) mass is 470 g/mol. The molecule has 2 aliphatic heterocycles. The van der Waals surface area contributed by atoms with Crippen molar-refractivity contribution in [3.05, 3.63) is 45.7 Å². The minimum atomic E-state index is -0.194. The van der Waals surface area contributed by atoms with Gasteiger partial charge in [-0.05, 0) is 18.6 Å². The van der Waals surface area contributed by atoms with Crippen LogP contribution in [0.3, 0.4) is 0 Å². The summed E-state index contributed by atoms with van der Waals surface area (Å²) in [7, 11) is 0. The molecule has 0 aliphatic carbocycles. The average Bonchev–Trinajstić information content (AvgIpc) is 3.60. The van der Waals surface area contributed by atoms with Crippen LogP contribution in [0.25, 0.3) is 28.1 Å². The molecule has 172 valence electrons. The van der Waals surface area contributed by atoms with Crippen molar-refractivity contribution in [2.75, 3.05) is 46.1 Å². The fraction of sp³-hybridized carbons (Fsp3) is 0.455. The lowest BCUT2D eigenvalue weighted by Gasteiger charge is -2.27. The van der Waals surface area contributed by atoms with Crippen LogP contribution in [0.15, 0.2) is 33.8 Å². The summed E-state index contributed by atoms with van der Waals surface area (Å²) in [6.45, 7) is 5.56. The minimum Gasteiger partial charge on any atom is -0.381 e. The van der Waals surface area contributed by atoms with Crippen molar-refractivity contribution in [1.29, 1.82) is 0 Å². The van der Waals surface area contributed by atoms with Crippen LogP contribution in [-0.2, 0) is 16.0 Å². The van der Waals surface area contributed by atoms with Gasteiger partial charge in [0, 0.05) is 38.7 Å². The molecule has 1 unspecified atom stereocenters. The lowest BCUT2D eigenvalue weighted by molar-refractivity contribution is 0.0364. The van der Waals surface area contributed by atoms with Gasteiger partial charge in [-0.25, -0.2) is 4.98 Å². The van der Waals surface area contributed by atoms with Crippen LogP contribution in [0.4, 0.5) is 0 Å². The molecule has 0 saturated carbocycles. The second-order valence-electron chi connectivity index (χ2n) is 8.35. The molecule has 0 N–H and O–H groups in total. The molecular formula is C22H23ClN6O4. The Bertz CT molecular complexity index is 1370. The van der Waals surface area contributed by atoms with Gasteiger partial charge in [0.05, 0.1) is 35.9 Å². The van der Waals surface area contributed by atoms with Crippen LogP contribution in [0, 0.1) is 0 Å². The molecule has 0 bridgehead atoms. The van der Waals surface area contributed by atoms with Crippen molar-refractivity contribution < 1.29 is 14.0 Å². The number of nitrogens with zero attached hydrogens (tertiary/aromatic N) is 6. The van der Waals surface area contributed by atoms with E-state index in [2.05, 4.69) is 20.0 Å². The van der Waals surface area contributed by atoms with Crippen molar-refractivity contribution >= 4 is 28.2 Å². The fourth-order valence-electron chi connectivity index (χ4n) is 4.60. The van der Waals surface area contributed by atoms with Crippen molar-refractivity contribution in [1.82, 2.24) is 29.0 Å². The maximum atomic E-state index is 13.8. The van der Waals surface area contributed by atoms with Gasteiger partial charge in [-0.3, -0.25) is 14.1 Å². The first-order valence-electron chi connectivity index (χ1n) is 11.1. The molecule has 11 heteroatoms. The number of aromatic nitrogens is 5. The first-order chi connectivity index (χ1) is 16.2. The van der Waals surface area contributed by atoms with Crippen molar-refractivity contribution in [2.24, 2.45) is 0 Å². The highest BCUT2D eigenvalue weighted by molar-refractivity contribution is 6.35. The van der Waals surface area contributed by atoms with Gasteiger partial charge in [0.25, 0.3) is 11.4 Å². The molecule has 6 rings (SSSR count). The number of para-hydroxylation sites is 1. The van der Waals surface area contributed by atoms with E-state index < -0.39 is 0 Å². The van der Waals surface area contributed by atoms with Crippen LogP contribution in [-0.4, -0.2) is 75.1 Å². The summed E-state index contributed by atoms with van der Waals surface area (Å²) in [5, 5.41) is 4.64. The van der Waals surface area contributed by atoms with Gasteiger partial charge in [-0.1, -0.05) is 22.8 Å². The Labute approximate surface area is 193 Å². The summed E-state index contributed by atoms with van der Waals surface area (Å²) in [6, 6.07) is 5.59. The van der Waals surface area contributed by atoms with Gasteiger partial charge in [0.15, 0.2) is 11.5 Å². The van der Waals surface area contributed by atoms with Crippen molar-refractivity contribution in [2.45, 2.75) is 18.9 Å². The second-order valence-corrected chi connectivity index (χ2v) is 8.76. The maximum Gasteiger partial charge on any atom is 0.278 e. The van der Waals surface area contributed by atoms with Crippen LogP contribution >= 0.6 is 11.6 Å². The summed E-state index contributed by atoms with van der Waals surface area (Å²) < 4.78 is 19.9. The lowest BCUT2D eigenvalue weighted by atomic mass is 10.1. The summed E-state index contributed by atoms with van der Waals surface area (Å²) in [4.78, 5) is 25.1. The van der Waals surface area contributed by atoms with E-state index in [1.165, 1.54) is 0 Å². The molecule has 1 aromatic carbocycles. The molecule has 0 spiro atoms. The predicted octanol–water partition coefficient (Wildman–Crippen LogP) is 2.19. The zero-order chi connectivity index (χ0) is 22.4. The Morgan fingerprint density at radius 2 is 1.97 bits per heavy atom. The maximum absolute atomic E-state index is 13.8. The van der Waals surface area contributed by atoms with E-state index in [1.54, 1.807) is 21.4 Å². The molecular weight excluding hydrogens is 448 g/mol. The predicted molar refractivity (Wildman–Crippen MR) is 121 cm³/mol. The first-order valence-corrected chi connectivity index (χ1v) is 11.5. The van der Waals surface area contributed by atoms with Gasteiger partial charge in [0.2, 0.25) is 0 Å². The van der Waals surface area contributed by atoms with Gasteiger partial charge >= 0.3 is 0 Å².